The number of aromatic nitrogens is 3. The van der Waals surface area contributed by atoms with Crippen LogP contribution in [0, 0.1) is 58.7 Å². The molecule has 0 atom stereocenters. The number of rotatable bonds is 6. The van der Waals surface area contributed by atoms with Gasteiger partial charge in [-0.2, -0.15) is 0 Å². The molecule has 5 aromatic carbocycles. The molecule has 0 bridgehead atoms. The summed E-state index contributed by atoms with van der Waals surface area (Å²) in [6.45, 7) is -10.1. The molecule has 9 aromatic rings. The number of fused-ring (bicyclic) bond motifs is 3. The molecule has 9 rings (SSSR count). The van der Waals surface area contributed by atoms with Crippen LogP contribution in [0.1, 0.15) is 87.3 Å². The van der Waals surface area contributed by atoms with Crippen LogP contribution in [0.3, 0.4) is 0 Å². The predicted molar refractivity (Wildman–Crippen MR) is 250 cm³/mol. The van der Waals surface area contributed by atoms with E-state index in [-0.39, 0.29) is 98.4 Å². The van der Waals surface area contributed by atoms with Crippen molar-refractivity contribution >= 4 is 22.1 Å². The van der Waals surface area contributed by atoms with Crippen molar-refractivity contribution in [1.29, 1.82) is 0 Å². The number of hydrogen-bond donors (Lipinski definition) is 0. The van der Waals surface area contributed by atoms with E-state index in [2.05, 4.69) is 27.1 Å². The molecule has 4 nitrogen and oxygen atoms in total. The number of benzene rings is 5. The number of nitrogens with zero attached hydrogens (tertiary/aromatic N) is 3. The van der Waals surface area contributed by atoms with Crippen molar-refractivity contribution in [2.75, 3.05) is 0 Å². The average molecular weight is 994 g/mol. The Morgan fingerprint density at radius 3 is 2.18 bits per heavy atom. The van der Waals surface area contributed by atoms with E-state index in [4.69, 9.17) is 31.8 Å². The van der Waals surface area contributed by atoms with Gasteiger partial charge in [0.05, 0.1) is 5.58 Å². The Labute approximate surface area is 402 Å². The van der Waals surface area contributed by atoms with E-state index in [0.29, 0.717) is 33.2 Å². The summed E-state index contributed by atoms with van der Waals surface area (Å²) < 4.78 is 168. The van der Waals surface area contributed by atoms with Crippen molar-refractivity contribution < 1.29 is 51.9 Å². The van der Waals surface area contributed by atoms with Gasteiger partial charge in [-0.05, 0) is 125 Å². The summed E-state index contributed by atoms with van der Waals surface area (Å²) in [5.41, 5.74) is 2.66. The topological polar surface area (TPSA) is 51.8 Å². The summed E-state index contributed by atoms with van der Waals surface area (Å²) in [6, 6.07) is 37.8. The van der Waals surface area contributed by atoms with Crippen LogP contribution >= 0.6 is 0 Å². The van der Waals surface area contributed by atoms with Crippen molar-refractivity contribution in [3.63, 3.8) is 0 Å². The number of furan rings is 1. The van der Waals surface area contributed by atoms with Gasteiger partial charge < -0.3 is 14.4 Å². The zero-order chi connectivity index (χ0) is 58.9. The predicted octanol–water partition coefficient (Wildman–Crippen LogP) is 14.8. The van der Waals surface area contributed by atoms with Gasteiger partial charge in [0.2, 0.25) is 5.71 Å². The van der Waals surface area contributed by atoms with Crippen molar-refractivity contribution in [2.24, 2.45) is 5.41 Å². The summed E-state index contributed by atoms with van der Waals surface area (Å²) >= 11 is 0. The van der Waals surface area contributed by atoms with Crippen LogP contribution in [-0.4, -0.2) is 15.0 Å². The third-order valence-electron chi connectivity index (χ3n) is 9.69. The number of pyridine rings is 3. The zero-order valence-electron chi connectivity index (χ0n) is 53.3. The van der Waals surface area contributed by atoms with Gasteiger partial charge in [-0.1, -0.05) is 129 Å². The molecule has 307 valence electrons. The van der Waals surface area contributed by atoms with Crippen molar-refractivity contribution in [3.8, 4) is 55.9 Å². The second-order valence-corrected chi connectivity index (χ2v) is 15.2. The van der Waals surface area contributed by atoms with Crippen LogP contribution in [-0.2, 0) is 26.5 Å². The van der Waals surface area contributed by atoms with E-state index in [9.17, 15) is 0 Å². The fourth-order valence-electron chi connectivity index (χ4n) is 6.93. The molecule has 0 unspecified atom stereocenters. The van der Waals surface area contributed by atoms with Gasteiger partial charge in [-0.3, -0.25) is 0 Å². The van der Waals surface area contributed by atoms with E-state index in [1.807, 2.05) is 30.3 Å². The van der Waals surface area contributed by atoms with Gasteiger partial charge in [-0.25, -0.2) is 4.98 Å². The Balaban J connectivity index is 0.000000293. The van der Waals surface area contributed by atoms with E-state index < -0.39 is 52.9 Å². The van der Waals surface area contributed by atoms with Gasteiger partial charge in [0.25, 0.3) is 0 Å². The first-order chi connectivity index (χ1) is 36.9. The van der Waals surface area contributed by atoms with E-state index in [1.54, 1.807) is 51.1 Å². The van der Waals surface area contributed by atoms with Gasteiger partial charge in [-0.15, -0.1) is 47.5 Å². The fourth-order valence-corrected chi connectivity index (χ4v) is 6.93. The van der Waals surface area contributed by atoms with Crippen LogP contribution in [0.5, 0.6) is 0 Å². The third-order valence-corrected chi connectivity index (χ3v) is 9.69. The Hall–Kier alpha value is -6.00. The normalized spacial score (nSPS) is 17.6. The number of aryl methyl sites for hydroxylation is 6. The molecule has 1 radical (unpaired) electrons. The van der Waals surface area contributed by atoms with Crippen molar-refractivity contribution in [2.45, 2.75) is 68.3 Å². The molecule has 0 aliphatic rings. The molecule has 4 aromatic heterocycles. The Morgan fingerprint density at radius 1 is 0.623 bits per heavy atom. The molecule has 0 fully saturated rings. The molecular formula is C56H51IrN3O-2. The molecule has 0 saturated carbocycles. The van der Waals surface area contributed by atoms with Crippen LogP contribution in [0.15, 0.2) is 138 Å². The summed E-state index contributed by atoms with van der Waals surface area (Å²) in [4.78, 5) is 12.8. The summed E-state index contributed by atoms with van der Waals surface area (Å²) in [6.07, 6.45) is 0.561. The maximum Gasteiger partial charge on any atom is 0.216 e. The van der Waals surface area contributed by atoms with Crippen LogP contribution in [0.4, 0.5) is 0 Å². The molecular weight excluding hydrogens is 923 g/mol. The van der Waals surface area contributed by atoms with Gasteiger partial charge >= 0.3 is 0 Å². The molecule has 0 aliphatic carbocycles. The molecule has 0 aliphatic heterocycles. The van der Waals surface area contributed by atoms with Gasteiger partial charge in [0.15, 0.2) is 0 Å². The third kappa shape index (κ3) is 9.50. The van der Waals surface area contributed by atoms with Crippen molar-refractivity contribution in [1.82, 2.24) is 15.0 Å². The fraction of sp³-hybridized carbons (Fsp3) is 0.196. The number of hydrogen-bond acceptors (Lipinski definition) is 4. The molecule has 0 saturated heterocycles. The first kappa shape index (κ1) is 24.4. The Bertz CT molecular complexity index is 3760. The van der Waals surface area contributed by atoms with Gasteiger partial charge in [0.1, 0.15) is 0 Å². The Kier molecular flexibility index (Phi) is 7.18. The Morgan fingerprint density at radius 2 is 1.43 bits per heavy atom. The molecule has 5 heteroatoms. The maximum absolute atomic E-state index is 8.71. The van der Waals surface area contributed by atoms with Gasteiger partial charge in [0, 0.05) is 71.0 Å². The molecule has 0 spiro atoms. The minimum atomic E-state index is -2.80. The monoisotopic (exact) mass is 994 g/mol. The first-order valence-electron chi connectivity index (χ1n) is 29.0. The first-order valence-corrected chi connectivity index (χ1v) is 19.0. The summed E-state index contributed by atoms with van der Waals surface area (Å²) in [5.74, 6) is 0. The molecule has 61 heavy (non-hydrogen) atoms. The van der Waals surface area contributed by atoms with E-state index >= 15 is 0 Å². The second-order valence-electron chi connectivity index (χ2n) is 15.2. The zero-order valence-corrected chi connectivity index (χ0v) is 35.7. The standard InChI is InChI=1S/C37H35N2O.C19H16N.Ir/c1-22-17-26(20-37(5,6)7)12-15-28(22)27-13-16-29(23(2)18-27)33-19-34(38-21-24(33)3)32-10-8-9-30-31-14-11-25(4)39-36(31)40-35(30)32;1-14-8-11-19(20-13-14)17-10-9-15(2)18(12-17)16-6-4-3-5-7-16;/h8-9,11-19,21H,20H2,1-7H3;3-9,11-13H,1-2H3;/q2*-1;/i1D3,2D3,3D3,4D3,20D2;1D3,2D3;. The summed E-state index contributed by atoms with van der Waals surface area (Å²) in [7, 11) is 0. The largest absolute Gasteiger partial charge is 0.486 e. The van der Waals surface area contributed by atoms with Crippen LogP contribution in [0.25, 0.3) is 78.0 Å². The summed E-state index contributed by atoms with van der Waals surface area (Å²) in [5, 5.41) is 1.11. The minimum Gasteiger partial charge on any atom is -0.486 e. The van der Waals surface area contributed by atoms with Crippen molar-refractivity contribution in [3.05, 3.63) is 185 Å². The maximum atomic E-state index is 8.71. The second kappa shape index (κ2) is 17.9. The average Bonchev–Trinajstić information content (AvgIpc) is 3.93. The molecule has 4 heterocycles. The smallest absolute Gasteiger partial charge is 0.216 e. The quantitative estimate of drug-likeness (QED) is 0.156. The molecule has 0 N–H and O–H groups in total. The molecule has 0 amide bonds. The van der Waals surface area contributed by atoms with Crippen LogP contribution < -0.4 is 0 Å². The van der Waals surface area contributed by atoms with E-state index in [1.165, 1.54) is 66.9 Å². The van der Waals surface area contributed by atoms with E-state index in [0.717, 1.165) is 11.8 Å². The SMILES string of the molecule is [2H]C([2H])([2H])c1ccc(-c2[c-]cc(C([2H])([2H])[2H])c(-c3ccccc3)c2)nc1.[2H]C([2H])([2H])c1ccc2c(n1)oc1c(-c3cc(-c4ccc(-c5ccc(C([2H])([2H])C(C)(C)C)cc5C([2H])([2H])[2H])cc4C([2H])([2H])[2H])c(C([2H])([2H])[2H])cn3)[c-]ccc12.[Ir]. The minimum absolute atomic E-state index is 0. The van der Waals surface area contributed by atoms with Crippen LogP contribution in [0.2, 0.25) is 0 Å².